The molecule has 2 aromatic rings. The Hall–Kier alpha value is -2.90. The zero-order valence-corrected chi connectivity index (χ0v) is 14.2. The molecule has 26 heavy (non-hydrogen) atoms. The second kappa shape index (κ2) is 6.78. The van der Waals surface area contributed by atoms with E-state index < -0.39 is 6.09 Å². The first-order valence-corrected chi connectivity index (χ1v) is 8.80. The summed E-state index contributed by atoms with van der Waals surface area (Å²) in [6, 6.07) is 7.55. The summed E-state index contributed by atoms with van der Waals surface area (Å²) in [5.74, 6) is 0.433. The van der Waals surface area contributed by atoms with E-state index in [1.54, 1.807) is 24.3 Å². The van der Waals surface area contributed by atoms with Gasteiger partial charge in [-0.15, -0.1) is 10.2 Å². The van der Waals surface area contributed by atoms with E-state index in [9.17, 15) is 9.59 Å². The average molecular weight is 356 g/mol. The van der Waals surface area contributed by atoms with Crippen LogP contribution in [0.3, 0.4) is 0 Å². The number of piperidine rings is 1. The summed E-state index contributed by atoms with van der Waals surface area (Å²) in [7, 11) is 0. The summed E-state index contributed by atoms with van der Waals surface area (Å²) in [5.41, 5.74) is 1.40. The molecule has 1 N–H and O–H groups in total. The molecule has 0 unspecified atom stereocenters. The highest BCUT2D eigenvalue weighted by molar-refractivity contribution is 5.95. The van der Waals surface area contributed by atoms with Crippen molar-refractivity contribution in [3.05, 3.63) is 36.2 Å². The summed E-state index contributed by atoms with van der Waals surface area (Å²) in [5, 5.41) is 16.6. The van der Waals surface area contributed by atoms with Gasteiger partial charge in [-0.05, 0) is 49.9 Å². The van der Waals surface area contributed by atoms with Gasteiger partial charge in [0.25, 0.3) is 5.91 Å². The van der Waals surface area contributed by atoms with E-state index in [1.165, 1.54) is 11.3 Å². The molecule has 0 bridgehead atoms. The van der Waals surface area contributed by atoms with Crippen LogP contribution < -0.4 is 0 Å². The van der Waals surface area contributed by atoms with Crippen molar-refractivity contribution in [3.63, 3.8) is 0 Å². The molecule has 0 radical (unpaired) electrons. The minimum Gasteiger partial charge on any atom is -0.465 e. The second-order valence-corrected chi connectivity index (χ2v) is 6.77. The number of amides is 2. The molecule has 136 valence electrons. The number of carbonyl (C=O) groups is 2. The van der Waals surface area contributed by atoms with Gasteiger partial charge in [0.2, 0.25) is 12.3 Å². The fourth-order valence-electron chi connectivity index (χ4n) is 3.52. The number of likely N-dealkylation sites (tertiary alicyclic amines) is 1. The van der Waals surface area contributed by atoms with Crippen LogP contribution in [0.4, 0.5) is 4.79 Å². The van der Waals surface area contributed by atoms with Gasteiger partial charge in [0.1, 0.15) is 0 Å². The Balaban J connectivity index is 1.48. The third-order valence-electron chi connectivity index (χ3n) is 5.04. The van der Waals surface area contributed by atoms with Crippen LogP contribution in [0.15, 0.2) is 35.1 Å². The van der Waals surface area contributed by atoms with Crippen LogP contribution in [-0.2, 0) is 0 Å². The second-order valence-electron chi connectivity index (χ2n) is 6.77. The maximum Gasteiger partial charge on any atom is 0.407 e. The summed E-state index contributed by atoms with van der Waals surface area (Å²) >= 11 is 0. The van der Waals surface area contributed by atoms with Gasteiger partial charge in [0, 0.05) is 36.3 Å². The highest BCUT2D eigenvalue weighted by Crippen LogP contribution is 2.33. The van der Waals surface area contributed by atoms with Crippen LogP contribution in [0.5, 0.6) is 0 Å². The van der Waals surface area contributed by atoms with Crippen molar-refractivity contribution in [3.8, 4) is 11.5 Å². The Kier molecular flexibility index (Phi) is 4.32. The molecule has 0 spiro atoms. The molecule has 2 amide bonds. The first-order chi connectivity index (χ1) is 12.6. The van der Waals surface area contributed by atoms with Gasteiger partial charge in [-0.1, -0.05) is 0 Å². The van der Waals surface area contributed by atoms with E-state index >= 15 is 0 Å². The topological polar surface area (TPSA) is 99.8 Å². The fourth-order valence-corrected chi connectivity index (χ4v) is 3.52. The third kappa shape index (κ3) is 3.26. The predicted octanol–water partition coefficient (Wildman–Crippen LogP) is 2.48. The number of aromatic nitrogens is 2. The summed E-state index contributed by atoms with van der Waals surface area (Å²) in [6.45, 7) is 0.958. The molecule has 1 saturated carbocycles. The molecule has 1 saturated heterocycles. The number of hydrogen-bond acceptors (Lipinski definition) is 5. The van der Waals surface area contributed by atoms with Crippen molar-refractivity contribution in [2.45, 2.75) is 37.8 Å². The molecule has 4 rings (SSSR count). The number of rotatable bonds is 4. The molecule has 1 aliphatic carbocycles. The van der Waals surface area contributed by atoms with Gasteiger partial charge in [-0.25, -0.2) is 4.79 Å². The van der Waals surface area contributed by atoms with Gasteiger partial charge >= 0.3 is 6.09 Å². The Bertz CT molecular complexity index is 778. The fraction of sp³-hybridized carbons (Fsp3) is 0.444. The maximum absolute atomic E-state index is 13.1. The smallest absolute Gasteiger partial charge is 0.407 e. The largest absolute Gasteiger partial charge is 0.465 e. The van der Waals surface area contributed by atoms with Crippen molar-refractivity contribution in [1.29, 1.82) is 0 Å². The first kappa shape index (κ1) is 16.6. The molecule has 0 atom stereocenters. The number of nitrogens with zero attached hydrogens (tertiary/aromatic N) is 4. The number of carbonyl (C=O) groups excluding carboxylic acids is 1. The van der Waals surface area contributed by atoms with Crippen LogP contribution in [0.2, 0.25) is 0 Å². The Labute approximate surface area is 150 Å². The average Bonchev–Trinajstić information content (AvgIpc) is 3.34. The summed E-state index contributed by atoms with van der Waals surface area (Å²) < 4.78 is 5.17. The number of hydrogen-bond donors (Lipinski definition) is 1. The van der Waals surface area contributed by atoms with Gasteiger partial charge in [-0.3, -0.25) is 4.79 Å². The normalized spacial score (nSPS) is 17.9. The molecule has 1 aromatic carbocycles. The van der Waals surface area contributed by atoms with Crippen molar-refractivity contribution in [2.24, 2.45) is 0 Å². The number of carboxylic acid groups (broad SMARTS) is 1. The van der Waals surface area contributed by atoms with E-state index in [1.807, 2.05) is 4.90 Å². The Morgan fingerprint density at radius 1 is 1.08 bits per heavy atom. The first-order valence-electron chi connectivity index (χ1n) is 8.80. The summed E-state index contributed by atoms with van der Waals surface area (Å²) in [4.78, 5) is 27.6. The lowest BCUT2D eigenvalue weighted by Crippen LogP contribution is -2.49. The van der Waals surface area contributed by atoms with Crippen molar-refractivity contribution < 1.29 is 19.1 Å². The zero-order chi connectivity index (χ0) is 18.1. The van der Waals surface area contributed by atoms with E-state index in [0.29, 0.717) is 37.4 Å². The van der Waals surface area contributed by atoms with E-state index in [0.717, 1.165) is 18.4 Å². The van der Waals surface area contributed by atoms with Crippen molar-refractivity contribution in [1.82, 2.24) is 20.0 Å². The molecule has 2 aliphatic rings. The SMILES string of the molecule is O=C(O)N1CCC(N(C(=O)c2ccc(-c3nnco3)cc2)C2CC2)CC1. The molecular weight excluding hydrogens is 336 g/mol. The van der Waals surface area contributed by atoms with Crippen molar-refractivity contribution in [2.75, 3.05) is 13.1 Å². The molecular formula is C18H20N4O4. The van der Waals surface area contributed by atoms with Crippen LogP contribution in [0.1, 0.15) is 36.0 Å². The van der Waals surface area contributed by atoms with Crippen molar-refractivity contribution >= 4 is 12.0 Å². The maximum atomic E-state index is 13.1. The van der Waals surface area contributed by atoms with Gasteiger partial charge in [0.05, 0.1) is 0 Å². The minimum atomic E-state index is -0.885. The lowest BCUT2D eigenvalue weighted by Gasteiger charge is -2.38. The zero-order valence-electron chi connectivity index (χ0n) is 14.2. The Morgan fingerprint density at radius 2 is 1.73 bits per heavy atom. The molecule has 2 heterocycles. The molecule has 1 aliphatic heterocycles. The summed E-state index contributed by atoms with van der Waals surface area (Å²) in [6.07, 6.45) is 3.80. The lowest BCUT2D eigenvalue weighted by molar-refractivity contribution is 0.0551. The lowest BCUT2D eigenvalue weighted by atomic mass is 10.0. The highest BCUT2D eigenvalue weighted by Gasteiger charge is 2.39. The molecule has 8 heteroatoms. The van der Waals surface area contributed by atoms with E-state index in [2.05, 4.69) is 10.2 Å². The quantitative estimate of drug-likeness (QED) is 0.903. The Morgan fingerprint density at radius 3 is 2.27 bits per heavy atom. The van der Waals surface area contributed by atoms with Crippen LogP contribution >= 0.6 is 0 Å². The highest BCUT2D eigenvalue weighted by atomic mass is 16.4. The molecule has 8 nitrogen and oxygen atoms in total. The minimum absolute atomic E-state index is 0.0124. The van der Waals surface area contributed by atoms with Crippen LogP contribution in [0.25, 0.3) is 11.5 Å². The standard InChI is InChI=1S/C18H20N4O4/c23-17(13-3-1-12(2-4-13)16-20-19-11-26-16)22(14-5-6-14)15-7-9-21(10-8-15)18(24)25/h1-4,11,14-15H,5-10H2,(H,24,25). The van der Waals surface area contributed by atoms with Crippen LogP contribution in [0, 0.1) is 0 Å². The third-order valence-corrected chi connectivity index (χ3v) is 5.04. The molecule has 1 aromatic heterocycles. The monoisotopic (exact) mass is 356 g/mol. The molecule has 2 fully saturated rings. The van der Waals surface area contributed by atoms with Crippen LogP contribution in [-0.4, -0.2) is 62.3 Å². The van der Waals surface area contributed by atoms with Gasteiger partial charge < -0.3 is 19.3 Å². The van der Waals surface area contributed by atoms with E-state index in [-0.39, 0.29) is 18.0 Å². The van der Waals surface area contributed by atoms with Gasteiger partial charge in [-0.2, -0.15) is 0 Å². The number of benzene rings is 1. The van der Waals surface area contributed by atoms with E-state index in [4.69, 9.17) is 9.52 Å². The van der Waals surface area contributed by atoms with Gasteiger partial charge in [0.15, 0.2) is 0 Å². The predicted molar refractivity (Wildman–Crippen MR) is 91.5 cm³/mol.